The van der Waals surface area contributed by atoms with E-state index >= 15 is 0 Å². The van der Waals surface area contributed by atoms with Crippen LogP contribution < -0.4 is 10.6 Å². The van der Waals surface area contributed by atoms with Gasteiger partial charge in [-0.1, -0.05) is 35.5 Å². The largest absolute Gasteiger partial charge is 0.345 e. The summed E-state index contributed by atoms with van der Waals surface area (Å²) in [6.45, 7) is 8.25. The van der Waals surface area contributed by atoms with Gasteiger partial charge in [-0.15, -0.1) is 16.8 Å². The van der Waals surface area contributed by atoms with Crippen LogP contribution in [0.2, 0.25) is 0 Å². The molecule has 0 unspecified atom stereocenters. The van der Waals surface area contributed by atoms with Crippen LogP contribution in [0.3, 0.4) is 0 Å². The minimum Gasteiger partial charge on any atom is -0.345 e. The Balaban J connectivity index is 1.61. The number of allylic oxidation sites excluding steroid dienone is 1. The molecule has 3 rings (SSSR count). The summed E-state index contributed by atoms with van der Waals surface area (Å²) in [6.07, 6.45) is 1.69. The summed E-state index contributed by atoms with van der Waals surface area (Å²) in [5, 5.41) is 14.5. The highest BCUT2D eigenvalue weighted by Gasteiger charge is 2.15. The molecule has 3 aromatic rings. The highest BCUT2D eigenvalue weighted by Crippen LogP contribution is 2.20. The number of amides is 2. The number of nitrogens with one attached hydrogen (secondary N) is 2. The van der Waals surface area contributed by atoms with Gasteiger partial charge in [-0.25, -0.2) is 4.39 Å². The molecule has 9 heteroatoms. The molecule has 0 fully saturated rings. The number of benzene rings is 2. The van der Waals surface area contributed by atoms with E-state index in [-0.39, 0.29) is 24.1 Å². The maximum atomic E-state index is 13.0. The van der Waals surface area contributed by atoms with Crippen LogP contribution in [-0.4, -0.2) is 32.3 Å². The van der Waals surface area contributed by atoms with E-state index in [1.807, 2.05) is 32.0 Å². The van der Waals surface area contributed by atoms with Gasteiger partial charge in [0.1, 0.15) is 5.82 Å². The first-order valence-electron chi connectivity index (χ1n) is 9.94. The molecule has 0 saturated carbocycles. The Kier molecular flexibility index (Phi) is 7.77. The van der Waals surface area contributed by atoms with Gasteiger partial charge in [0.2, 0.25) is 5.91 Å². The number of hydrogen-bond acceptors (Lipinski definition) is 5. The van der Waals surface area contributed by atoms with Gasteiger partial charge in [-0.05, 0) is 49.7 Å². The van der Waals surface area contributed by atoms with Crippen molar-refractivity contribution in [3.63, 3.8) is 0 Å². The third-order valence-corrected chi connectivity index (χ3v) is 5.57. The maximum Gasteiger partial charge on any atom is 0.251 e. The molecule has 0 bridgehead atoms. The van der Waals surface area contributed by atoms with E-state index in [1.54, 1.807) is 10.6 Å². The number of hydrogen-bond donors (Lipinski definition) is 2. The van der Waals surface area contributed by atoms with Crippen molar-refractivity contribution in [2.24, 2.45) is 0 Å². The highest BCUT2D eigenvalue weighted by atomic mass is 32.2. The third-order valence-electron chi connectivity index (χ3n) is 4.61. The topological polar surface area (TPSA) is 88.9 Å². The van der Waals surface area contributed by atoms with Crippen LogP contribution in [0.1, 0.15) is 27.3 Å². The Morgan fingerprint density at radius 1 is 1.16 bits per heavy atom. The average molecular weight is 454 g/mol. The Labute approximate surface area is 190 Å². The predicted octanol–water partition coefficient (Wildman–Crippen LogP) is 3.88. The van der Waals surface area contributed by atoms with E-state index in [1.165, 1.54) is 36.0 Å². The summed E-state index contributed by atoms with van der Waals surface area (Å²) in [5.74, 6) is -0.223. The van der Waals surface area contributed by atoms with E-state index in [0.717, 1.165) is 16.8 Å². The van der Waals surface area contributed by atoms with Crippen molar-refractivity contribution in [3.8, 4) is 0 Å². The molecule has 0 aliphatic rings. The van der Waals surface area contributed by atoms with Crippen molar-refractivity contribution in [2.45, 2.75) is 32.1 Å². The monoisotopic (exact) mass is 453 g/mol. The number of anilines is 1. The summed E-state index contributed by atoms with van der Waals surface area (Å²) in [5.41, 5.74) is 3.25. The lowest BCUT2D eigenvalue weighted by Gasteiger charge is -2.10. The summed E-state index contributed by atoms with van der Waals surface area (Å²) < 4.78 is 14.8. The number of rotatable bonds is 9. The molecule has 2 amide bonds. The highest BCUT2D eigenvalue weighted by molar-refractivity contribution is 7.99. The molecule has 0 aliphatic heterocycles. The molecule has 0 spiro atoms. The molecular weight excluding hydrogens is 429 g/mol. The number of aryl methyl sites for hydroxylation is 2. The quantitative estimate of drug-likeness (QED) is 0.379. The minimum absolute atomic E-state index is 0.131. The van der Waals surface area contributed by atoms with Gasteiger partial charge in [0.25, 0.3) is 5.91 Å². The number of carbonyl (C=O) groups excluding carboxylic acids is 2. The fourth-order valence-electron chi connectivity index (χ4n) is 3.00. The normalized spacial score (nSPS) is 10.6. The zero-order chi connectivity index (χ0) is 23.1. The van der Waals surface area contributed by atoms with Gasteiger partial charge in [-0.3, -0.25) is 9.59 Å². The summed E-state index contributed by atoms with van der Waals surface area (Å²) >= 11 is 1.25. The first kappa shape index (κ1) is 23.2. The van der Waals surface area contributed by atoms with Crippen molar-refractivity contribution in [2.75, 3.05) is 11.1 Å². The van der Waals surface area contributed by atoms with Gasteiger partial charge in [0.05, 0.1) is 12.3 Å². The van der Waals surface area contributed by atoms with Gasteiger partial charge < -0.3 is 15.2 Å². The first-order chi connectivity index (χ1) is 15.4. The van der Waals surface area contributed by atoms with E-state index in [2.05, 4.69) is 27.4 Å². The van der Waals surface area contributed by atoms with Crippen LogP contribution >= 0.6 is 11.8 Å². The lowest BCUT2D eigenvalue weighted by molar-refractivity contribution is -0.113. The molecule has 0 radical (unpaired) electrons. The summed E-state index contributed by atoms with van der Waals surface area (Å²) in [4.78, 5) is 24.7. The molecule has 2 aromatic carbocycles. The molecule has 0 aliphatic carbocycles. The van der Waals surface area contributed by atoms with Crippen LogP contribution in [0.15, 0.2) is 60.3 Å². The van der Waals surface area contributed by atoms with Crippen molar-refractivity contribution in [1.82, 2.24) is 20.1 Å². The van der Waals surface area contributed by atoms with E-state index in [9.17, 15) is 14.0 Å². The van der Waals surface area contributed by atoms with Crippen LogP contribution in [-0.2, 0) is 17.9 Å². The van der Waals surface area contributed by atoms with E-state index < -0.39 is 5.82 Å². The summed E-state index contributed by atoms with van der Waals surface area (Å²) in [7, 11) is 0. The molecule has 1 aromatic heterocycles. The fourth-order valence-corrected chi connectivity index (χ4v) is 3.77. The standard InChI is InChI=1S/C23H24FN5O2S/c1-4-11-29-20(13-25-22(31)17-6-8-18(24)9-7-17)27-28-23(29)32-14-21(30)26-19-10-5-15(2)12-16(19)3/h4-10,12H,1,11,13-14H2,2-3H3,(H,25,31)(H,26,30). The Hall–Kier alpha value is -3.46. The third kappa shape index (κ3) is 6.04. The van der Waals surface area contributed by atoms with Gasteiger partial charge in [-0.2, -0.15) is 0 Å². The SMILES string of the molecule is C=CCn1c(CNC(=O)c2ccc(F)cc2)nnc1SCC(=O)Nc1ccc(C)cc1C. The van der Waals surface area contributed by atoms with Crippen molar-refractivity contribution in [3.05, 3.63) is 83.5 Å². The second kappa shape index (κ2) is 10.7. The molecule has 2 N–H and O–H groups in total. The number of halogens is 1. The van der Waals surface area contributed by atoms with Crippen LogP contribution in [0.25, 0.3) is 0 Å². The zero-order valence-corrected chi connectivity index (χ0v) is 18.7. The Bertz CT molecular complexity index is 1130. The molecule has 0 saturated heterocycles. The molecule has 1 heterocycles. The second-order valence-electron chi connectivity index (χ2n) is 7.14. The number of carbonyl (C=O) groups is 2. The maximum absolute atomic E-state index is 13.0. The van der Waals surface area contributed by atoms with Crippen molar-refractivity contribution >= 4 is 29.3 Å². The van der Waals surface area contributed by atoms with E-state index in [0.29, 0.717) is 23.1 Å². The fraction of sp³-hybridized carbons (Fsp3) is 0.217. The molecular formula is C23H24FN5O2S. The minimum atomic E-state index is -0.407. The number of aromatic nitrogens is 3. The van der Waals surface area contributed by atoms with Crippen molar-refractivity contribution < 1.29 is 14.0 Å². The lowest BCUT2D eigenvalue weighted by Crippen LogP contribution is -2.25. The summed E-state index contributed by atoms with van der Waals surface area (Å²) in [6, 6.07) is 11.1. The van der Waals surface area contributed by atoms with Crippen LogP contribution in [0.4, 0.5) is 10.1 Å². The van der Waals surface area contributed by atoms with Gasteiger partial charge in [0, 0.05) is 17.8 Å². The van der Waals surface area contributed by atoms with Gasteiger partial charge >= 0.3 is 0 Å². The van der Waals surface area contributed by atoms with Crippen LogP contribution in [0, 0.1) is 19.7 Å². The molecule has 0 atom stereocenters. The van der Waals surface area contributed by atoms with Crippen molar-refractivity contribution in [1.29, 1.82) is 0 Å². The Morgan fingerprint density at radius 2 is 1.91 bits per heavy atom. The average Bonchev–Trinajstić information content (AvgIpc) is 3.15. The van der Waals surface area contributed by atoms with E-state index in [4.69, 9.17) is 0 Å². The molecule has 7 nitrogen and oxygen atoms in total. The lowest BCUT2D eigenvalue weighted by atomic mass is 10.1. The smallest absolute Gasteiger partial charge is 0.251 e. The first-order valence-corrected chi connectivity index (χ1v) is 10.9. The van der Waals surface area contributed by atoms with Gasteiger partial charge in [0.15, 0.2) is 11.0 Å². The number of nitrogens with zero attached hydrogens (tertiary/aromatic N) is 3. The molecule has 32 heavy (non-hydrogen) atoms. The predicted molar refractivity (Wildman–Crippen MR) is 123 cm³/mol. The second-order valence-corrected chi connectivity index (χ2v) is 8.09. The molecule has 166 valence electrons. The Morgan fingerprint density at radius 3 is 2.59 bits per heavy atom. The zero-order valence-electron chi connectivity index (χ0n) is 17.9. The number of thioether (sulfide) groups is 1. The van der Waals surface area contributed by atoms with Crippen LogP contribution in [0.5, 0.6) is 0 Å².